The van der Waals surface area contributed by atoms with Gasteiger partial charge in [-0.2, -0.15) is 0 Å². The van der Waals surface area contributed by atoms with Gasteiger partial charge in [0.2, 0.25) is 5.91 Å². The fourth-order valence-corrected chi connectivity index (χ4v) is 5.44. The lowest BCUT2D eigenvalue weighted by atomic mass is 9.78. The van der Waals surface area contributed by atoms with E-state index in [-0.39, 0.29) is 6.03 Å². The van der Waals surface area contributed by atoms with Crippen LogP contribution < -0.4 is 5.32 Å². The summed E-state index contributed by atoms with van der Waals surface area (Å²) < 4.78 is 0. The van der Waals surface area contributed by atoms with Crippen LogP contribution in [0.15, 0.2) is 0 Å². The Morgan fingerprint density at radius 1 is 0.960 bits per heavy atom. The van der Waals surface area contributed by atoms with Gasteiger partial charge in [0.05, 0.1) is 6.54 Å². The summed E-state index contributed by atoms with van der Waals surface area (Å²) in [6.45, 7) is 5.01. The summed E-state index contributed by atoms with van der Waals surface area (Å²) in [5, 5.41) is 2.89. The Kier molecular flexibility index (Phi) is 5.15. The number of nitrogens with one attached hydrogen (secondary N) is 1. The normalized spacial score (nSPS) is 31.8. The van der Waals surface area contributed by atoms with Gasteiger partial charge in [-0.3, -0.25) is 9.69 Å². The highest BCUT2D eigenvalue weighted by Gasteiger charge is 2.37. The number of piperidine rings is 2. The lowest BCUT2D eigenvalue weighted by Crippen LogP contribution is -2.54. The van der Waals surface area contributed by atoms with Gasteiger partial charge in [0.15, 0.2) is 0 Å². The van der Waals surface area contributed by atoms with Crippen molar-refractivity contribution in [3.63, 3.8) is 0 Å². The van der Waals surface area contributed by atoms with Gasteiger partial charge >= 0.3 is 6.03 Å². The number of carbonyl (C=O) groups excluding carboxylic acids is 2. The first kappa shape index (κ1) is 17.1. The van der Waals surface area contributed by atoms with Gasteiger partial charge in [-0.15, -0.1) is 0 Å². The van der Waals surface area contributed by atoms with Crippen LogP contribution in [0.25, 0.3) is 0 Å². The molecule has 0 aromatic heterocycles. The van der Waals surface area contributed by atoms with Crippen LogP contribution in [0.3, 0.4) is 0 Å². The highest BCUT2D eigenvalue weighted by Crippen LogP contribution is 2.35. The standard InChI is InChI=1S/C19H32N4O2/c24-18(23-10-3-5-15-4-1-2-6-17(15)23)14-21-11-7-16(8-12-21)22-13-9-20-19(22)25/h15-17H,1-14H2,(H,20,25)/t15-,17-/m0/s1. The molecule has 6 heteroatoms. The van der Waals surface area contributed by atoms with Crippen molar-refractivity contribution >= 4 is 11.9 Å². The number of nitrogens with zero attached hydrogens (tertiary/aromatic N) is 3. The zero-order valence-electron chi connectivity index (χ0n) is 15.3. The molecule has 1 saturated carbocycles. The van der Waals surface area contributed by atoms with Crippen LogP contribution in [0.2, 0.25) is 0 Å². The summed E-state index contributed by atoms with van der Waals surface area (Å²) in [6.07, 6.45) is 9.64. The second-order valence-corrected chi connectivity index (χ2v) is 8.27. The lowest BCUT2D eigenvalue weighted by Gasteiger charge is -2.45. The van der Waals surface area contributed by atoms with Gasteiger partial charge in [0.1, 0.15) is 0 Å². The Balaban J connectivity index is 1.28. The number of likely N-dealkylation sites (tertiary alicyclic amines) is 2. The molecular weight excluding hydrogens is 316 g/mol. The molecule has 2 atom stereocenters. The molecule has 0 spiro atoms. The molecule has 0 bridgehead atoms. The highest BCUT2D eigenvalue weighted by atomic mass is 16.2. The molecule has 4 aliphatic rings. The molecule has 0 aromatic rings. The summed E-state index contributed by atoms with van der Waals surface area (Å²) in [6, 6.07) is 0.957. The van der Waals surface area contributed by atoms with Crippen LogP contribution >= 0.6 is 0 Å². The van der Waals surface area contributed by atoms with Crippen LogP contribution in [0.5, 0.6) is 0 Å². The van der Waals surface area contributed by atoms with Crippen LogP contribution in [-0.4, -0.2) is 78.0 Å². The van der Waals surface area contributed by atoms with Crippen molar-refractivity contribution in [1.82, 2.24) is 20.0 Å². The molecular formula is C19H32N4O2. The summed E-state index contributed by atoms with van der Waals surface area (Å²) in [5.41, 5.74) is 0. The first-order valence-electron chi connectivity index (χ1n) is 10.3. The van der Waals surface area contributed by atoms with E-state index in [1.54, 1.807) is 0 Å². The summed E-state index contributed by atoms with van der Waals surface area (Å²) >= 11 is 0. The molecule has 3 saturated heterocycles. The molecule has 3 heterocycles. The molecule has 3 amide bonds. The minimum Gasteiger partial charge on any atom is -0.338 e. The molecule has 0 aromatic carbocycles. The fraction of sp³-hybridized carbons (Fsp3) is 0.895. The highest BCUT2D eigenvalue weighted by molar-refractivity contribution is 5.79. The molecule has 3 aliphatic heterocycles. The summed E-state index contributed by atoms with van der Waals surface area (Å²) in [7, 11) is 0. The Bertz CT molecular complexity index is 502. The van der Waals surface area contributed by atoms with Gasteiger partial charge in [-0.1, -0.05) is 12.8 Å². The van der Waals surface area contributed by atoms with Crippen molar-refractivity contribution in [2.45, 2.75) is 63.5 Å². The van der Waals surface area contributed by atoms with E-state index in [0.717, 1.165) is 51.5 Å². The molecule has 25 heavy (non-hydrogen) atoms. The first-order chi connectivity index (χ1) is 12.2. The zero-order valence-corrected chi connectivity index (χ0v) is 15.3. The van der Waals surface area contributed by atoms with E-state index < -0.39 is 0 Å². The van der Waals surface area contributed by atoms with Crippen molar-refractivity contribution in [2.24, 2.45) is 5.92 Å². The van der Waals surface area contributed by atoms with E-state index in [9.17, 15) is 9.59 Å². The van der Waals surface area contributed by atoms with Crippen molar-refractivity contribution in [1.29, 1.82) is 0 Å². The van der Waals surface area contributed by atoms with E-state index >= 15 is 0 Å². The Morgan fingerprint density at radius 3 is 2.48 bits per heavy atom. The fourth-order valence-electron chi connectivity index (χ4n) is 5.44. The van der Waals surface area contributed by atoms with Crippen molar-refractivity contribution in [3.8, 4) is 0 Å². The number of amides is 3. The molecule has 140 valence electrons. The average Bonchev–Trinajstić information content (AvgIpc) is 3.08. The summed E-state index contributed by atoms with van der Waals surface area (Å²) in [5.74, 6) is 1.10. The number of urea groups is 1. The van der Waals surface area contributed by atoms with E-state index in [0.29, 0.717) is 24.5 Å². The Labute approximate surface area is 150 Å². The molecule has 1 aliphatic carbocycles. The third kappa shape index (κ3) is 3.64. The molecule has 4 fully saturated rings. The minimum atomic E-state index is 0.0891. The topological polar surface area (TPSA) is 55.9 Å². The van der Waals surface area contributed by atoms with Crippen LogP contribution in [0.1, 0.15) is 51.4 Å². The number of rotatable bonds is 3. The predicted octanol–water partition coefficient (Wildman–Crippen LogP) is 1.66. The Hall–Kier alpha value is -1.30. The second kappa shape index (κ2) is 7.52. The number of carbonyl (C=O) groups is 2. The van der Waals surface area contributed by atoms with Crippen LogP contribution in [-0.2, 0) is 4.79 Å². The van der Waals surface area contributed by atoms with Crippen molar-refractivity contribution < 1.29 is 9.59 Å². The Morgan fingerprint density at radius 2 is 1.72 bits per heavy atom. The third-order valence-electron chi connectivity index (χ3n) is 6.81. The maximum Gasteiger partial charge on any atom is 0.317 e. The van der Waals surface area contributed by atoms with Crippen LogP contribution in [0, 0.1) is 5.92 Å². The SMILES string of the molecule is O=C1NCCN1C1CCN(CC(=O)N2CCC[C@@H]3CCCC[C@@H]32)CC1. The zero-order chi connectivity index (χ0) is 17.2. The number of fused-ring (bicyclic) bond motifs is 1. The molecule has 0 unspecified atom stereocenters. The minimum absolute atomic E-state index is 0.0891. The molecule has 6 nitrogen and oxygen atoms in total. The molecule has 0 radical (unpaired) electrons. The summed E-state index contributed by atoms with van der Waals surface area (Å²) in [4.78, 5) is 31.2. The quantitative estimate of drug-likeness (QED) is 0.844. The smallest absolute Gasteiger partial charge is 0.317 e. The van der Waals surface area contributed by atoms with Gasteiger partial charge in [-0.25, -0.2) is 4.79 Å². The van der Waals surface area contributed by atoms with Gasteiger partial charge < -0.3 is 15.1 Å². The number of hydrogen-bond donors (Lipinski definition) is 1. The monoisotopic (exact) mass is 348 g/mol. The average molecular weight is 348 g/mol. The number of hydrogen-bond acceptors (Lipinski definition) is 3. The maximum absolute atomic E-state index is 12.9. The molecule has 4 rings (SSSR count). The van der Waals surface area contributed by atoms with Crippen molar-refractivity contribution in [3.05, 3.63) is 0 Å². The van der Waals surface area contributed by atoms with Gasteiger partial charge in [0.25, 0.3) is 0 Å². The van der Waals surface area contributed by atoms with Gasteiger partial charge in [0, 0.05) is 44.8 Å². The first-order valence-corrected chi connectivity index (χ1v) is 10.3. The predicted molar refractivity (Wildman–Crippen MR) is 96.3 cm³/mol. The largest absolute Gasteiger partial charge is 0.338 e. The van der Waals surface area contributed by atoms with Crippen molar-refractivity contribution in [2.75, 3.05) is 39.3 Å². The van der Waals surface area contributed by atoms with E-state index in [1.165, 1.54) is 38.5 Å². The third-order valence-corrected chi connectivity index (χ3v) is 6.81. The van der Waals surface area contributed by atoms with Gasteiger partial charge in [-0.05, 0) is 44.4 Å². The van der Waals surface area contributed by atoms with Crippen LogP contribution in [0.4, 0.5) is 4.79 Å². The van der Waals surface area contributed by atoms with E-state index in [4.69, 9.17) is 0 Å². The second-order valence-electron chi connectivity index (χ2n) is 8.27. The molecule has 1 N–H and O–H groups in total. The maximum atomic E-state index is 12.9. The lowest BCUT2D eigenvalue weighted by molar-refractivity contribution is -0.139. The van der Waals surface area contributed by atoms with E-state index in [2.05, 4.69) is 15.1 Å². The van der Waals surface area contributed by atoms with E-state index in [1.807, 2.05) is 4.90 Å².